The van der Waals surface area contributed by atoms with Gasteiger partial charge in [0.15, 0.2) is 5.82 Å². The average molecular weight is 391 g/mol. The van der Waals surface area contributed by atoms with Gasteiger partial charge in [0.2, 0.25) is 15.9 Å². The summed E-state index contributed by atoms with van der Waals surface area (Å²) in [4.78, 5) is 4.45. The Morgan fingerprint density at radius 3 is 2.78 bits per heavy atom. The molecule has 2 heterocycles. The van der Waals surface area contributed by atoms with Gasteiger partial charge in [0.25, 0.3) is 0 Å². The van der Waals surface area contributed by atoms with Gasteiger partial charge >= 0.3 is 0 Å². The van der Waals surface area contributed by atoms with Crippen molar-refractivity contribution in [2.45, 2.75) is 37.4 Å². The molecule has 1 aliphatic carbocycles. The molecule has 1 unspecified atom stereocenters. The van der Waals surface area contributed by atoms with Gasteiger partial charge in [-0.1, -0.05) is 35.5 Å². The third kappa shape index (κ3) is 4.94. The number of hydrogen-bond donors (Lipinski definition) is 0. The van der Waals surface area contributed by atoms with Crippen molar-refractivity contribution in [1.29, 1.82) is 0 Å². The van der Waals surface area contributed by atoms with Crippen molar-refractivity contribution in [3.63, 3.8) is 0 Å². The number of ether oxygens (including phenoxy) is 1. The van der Waals surface area contributed by atoms with Crippen LogP contribution < -0.4 is 0 Å². The normalized spacial score (nSPS) is 21.0. The summed E-state index contributed by atoms with van der Waals surface area (Å²) in [5.74, 6) is 1.89. The zero-order valence-electron chi connectivity index (χ0n) is 15.3. The van der Waals surface area contributed by atoms with E-state index >= 15 is 0 Å². The predicted molar refractivity (Wildman–Crippen MR) is 99.5 cm³/mol. The largest absolute Gasteiger partial charge is 0.381 e. The second-order valence-electron chi connectivity index (χ2n) is 7.40. The maximum atomic E-state index is 12.7. The van der Waals surface area contributed by atoms with Gasteiger partial charge in [0.05, 0.1) is 18.3 Å². The molecule has 0 N–H and O–H groups in total. The van der Waals surface area contributed by atoms with Crippen molar-refractivity contribution >= 4 is 10.0 Å². The molecule has 0 spiro atoms. The molecule has 146 valence electrons. The highest BCUT2D eigenvalue weighted by molar-refractivity contribution is 7.88. The highest BCUT2D eigenvalue weighted by atomic mass is 32.2. The molecule has 1 saturated carbocycles. The zero-order valence-corrected chi connectivity index (χ0v) is 16.1. The summed E-state index contributed by atoms with van der Waals surface area (Å²) in [7, 11) is -3.34. The van der Waals surface area contributed by atoms with Crippen LogP contribution in [0.1, 0.15) is 42.5 Å². The van der Waals surface area contributed by atoms with Crippen LogP contribution in [0.25, 0.3) is 0 Å². The maximum absolute atomic E-state index is 12.7. The molecule has 1 aliphatic heterocycles. The molecular weight excluding hydrogens is 366 g/mol. The topological polar surface area (TPSA) is 85.5 Å². The number of sulfonamides is 1. The summed E-state index contributed by atoms with van der Waals surface area (Å²) in [5, 5.41) is 4.01. The monoisotopic (exact) mass is 391 g/mol. The van der Waals surface area contributed by atoms with Crippen LogP contribution in [-0.4, -0.2) is 49.2 Å². The van der Waals surface area contributed by atoms with E-state index < -0.39 is 10.0 Å². The molecular formula is C19H25N3O4S. The molecule has 27 heavy (non-hydrogen) atoms. The quantitative estimate of drug-likeness (QED) is 0.610. The Hall–Kier alpha value is -1.77. The van der Waals surface area contributed by atoms with Gasteiger partial charge in [-0.2, -0.15) is 4.98 Å². The van der Waals surface area contributed by atoms with E-state index in [0.29, 0.717) is 44.3 Å². The highest BCUT2D eigenvalue weighted by Gasteiger charge is 2.35. The summed E-state index contributed by atoms with van der Waals surface area (Å²) < 4.78 is 37.8. The Morgan fingerprint density at radius 1 is 1.19 bits per heavy atom. The summed E-state index contributed by atoms with van der Waals surface area (Å²) in [5.41, 5.74) is 0.798. The van der Waals surface area contributed by atoms with Crippen molar-refractivity contribution in [1.82, 2.24) is 14.4 Å². The standard InChI is InChI=1S/C19H25N3O4S/c23-27(24,14-16-4-2-1-3-5-16)22-10-8-17(12-22)19-20-18(21-26-19)9-11-25-13-15-6-7-15/h1-5,15,17H,6-14H2. The van der Waals surface area contributed by atoms with Gasteiger partial charge < -0.3 is 9.26 Å². The van der Waals surface area contributed by atoms with Crippen LogP contribution in [0, 0.1) is 5.92 Å². The number of hydrogen-bond acceptors (Lipinski definition) is 6. The molecule has 7 nitrogen and oxygen atoms in total. The number of rotatable bonds is 9. The molecule has 2 aromatic rings. The van der Waals surface area contributed by atoms with Gasteiger partial charge in [-0.3, -0.25) is 0 Å². The average Bonchev–Trinajstić information content (AvgIpc) is 3.15. The third-order valence-corrected chi connectivity index (χ3v) is 6.91. The lowest BCUT2D eigenvalue weighted by atomic mass is 10.1. The summed E-state index contributed by atoms with van der Waals surface area (Å²) in [6.45, 7) is 2.30. The van der Waals surface area contributed by atoms with Crippen molar-refractivity contribution in [3.8, 4) is 0 Å². The maximum Gasteiger partial charge on any atom is 0.231 e. The molecule has 0 bridgehead atoms. The molecule has 1 saturated heterocycles. The minimum absolute atomic E-state index is 0.0218. The number of benzene rings is 1. The first-order valence-corrected chi connectivity index (χ1v) is 11.1. The van der Waals surface area contributed by atoms with E-state index in [1.165, 1.54) is 17.1 Å². The third-order valence-electron chi connectivity index (χ3n) is 5.09. The Balaban J connectivity index is 1.29. The fourth-order valence-corrected chi connectivity index (χ4v) is 4.88. The first-order chi connectivity index (χ1) is 13.1. The SMILES string of the molecule is O=S(=O)(Cc1ccccc1)N1CCC(c2nc(CCOCC3CC3)no2)C1. The van der Waals surface area contributed by atoms with Crippen molar-refractivity contribution in [2.24, 2.45) is 5.92 Å². The van der Waals surface area contributed by atoms with Gasteiger partial charge in [0, 0.05) is 26.1 Å². The summed E-state index contributed by atoms with van der Waals surface area (Å²) in [6.07, 6.45) is 3.88. The second-order valence-corrected chi connectivity index (χ2v) is 9.37. The van der Waals surface area contributed by atoms with E-state index in [2.05, 4.69) is 10.1 Å². The summed E-state index contributed by atoms with van der Waals surface area (Å²) in [6, 6.07) is 9.26. The van der Waals surface area contributed by atoms with E-state index in [-0.39, 0.29) is 11.7 Å². The zero-order chi connectivity index (χ0) is 18.7. The van der Waals surface area contributed by atoms with Crippen LogP contribution in [-0.2, 0) is 26.9 Å². The van der Waals surface area contributed by atoms with E-state index in [1.807, 2.05) is 30.3 Å². The minimum Gasteiger partial charge on any atom is -0.381 e. The smallest absolute Gasteiger partial charge is 0.231 e. The Kier molecular flexibility index (Phi) is 5.56. The molecule has 1 aromatic heterocycles. The first kappa shape index (κ1) is 18.6. The molecule has 2 aliphatic rings. The Labute approximate surface area is 159 Å². The molecule has 2 fully saturated rings. The molecule has 4 rings (SSSR count). The molecule has 0 amide bonds. The van der Waals surface area contributed by atoms with Gasteiger partial charge in [-0.15, -0.1) is 0 Å². The lowest BCUT2D eigenvalue weighted by molar-refractivity contribution is 0.125. The van der Waals surface area contributed by atoms with E-state index in [0.717, 1.165) is 18.1 Å². The van der Waals surface area contributed by atoms with E-state index in [1.54, 1.807) is 0 Å². The molecule has 1 aromatic carbocycles. The van der Waals surface area contributed by atoms with Crippen molar-refractivity contribution in [3.05, 3.63) is 47.6 Å². The predicted octanol–water partition coefficient (Wildman–Crippen LogP) is 2.36. The summed E-state index contributed by atoms with van der Waals surface area (Å²) >= 11 is 0. The van der Waals surface area contributed by atoms with Crippen molar-refractivity contribution < 1.29 is 17.7 Å². The van der Waals surface area contributed by atoms with Crippen LogP contribution in [0.2, 0.25) is 0 Å². The molecule has 0 radical (unpaired) electrons. The number of aromatic nitrogens is 2. The molecule has 8 heteroatoms. The first-order valence-electron chi connectivity index (χ1n) is 9.52. The van der Waals surface area contributed by atoms with E-state index in [9.17, 15) is 8.42 Å². The van der Waals surface area contributed by atoms with Gasteiger partial charge in [-0.05, 0) is 30.7 Å². The van der Waals surface area contributed by atoms with Crippen molar-refractivity contribution in [2.75, 3.05) is 26.3 Å². The van der Waals surface area contributed by atoms with Crippen LogP contribution in [0.15, 0.2) is 34.9 Å². The van der Waals surface area contributed by atoms with Gasteiger partial charge in [-0.25, -0.2) is 12.7 Å². The van der Waals surface area contributed by atoms with Crippen LogP contribution >= 0.6 is 0 Å². The second kappa shape index (κ2) is 8.08. The molecule has 1 atom stereocenters. The number of nitrogens with zero attached hydrogens (tertiary/aromatic N) is 3. The van der Waals surface area contributed by atoms with Crippen LogP contribution in [0.4, 0.5) is 0 Å². The highest BCUT2D eigenvalue weighted by Crippen LogP contribution is 2.30. The van der Waals surface area contributed by atoms with E-state index in [4.69, 9.17) is 9.26 Å². The fourth-order valence-electron chi connectivity index (χ4n) is 3.29. The minimum atomic E-state index is -3.34. The van der Waals surface area contributed by atoms with Gasteiger partial charge in [0.1, 0.15) is 0 Å². The lowest BCUT2D eigenvalue weighted by Crippen LogP contribution is -2.29. The Bertz CT molecular complexity index is 849. The van der Waals surface area contributed by atoms with Crippen LogP contribution in [0.3, 0.4) is 0 Å². The lowest BCUT2D eigenvalue weighted by Gasteiger charge is -2.15. The van der Waals surface area contributed by atoms with Crippen LogP contribution in [0.5, 0.6) is 0 Å². The Morgan fingerprint density at radius 2 is 2.00 bits per heavy atom. The fraction of sp³-hybridized carbons (Fsp3) is 0.579.